The highest BCUT2D eigenvalue weighted by molar-refractivity contribution is 5.09. The Morgan fingerprint density at radius 2 is 2.47 bits per heavy atom. The number of aliphatic hydroxyl groups excluding tert-OH is 1. The molecule has 2 heterocycles. The van der Waals surface area contributed by atoms with Gasteiger partial charge in [0.15, 0.2) is 0 Å². The van der Waals surface area contributed by atoms with Crippen LogP contribution in [0.25, 0.3) is 0 Å². The van der Waals surface area contributed by atoms with Crippen LogP contribution in [0.5, 0.6) is 0 Å². The van der Waals surface area contributed by atoms with Crippen LogP contribution >= 0.6 is 0 Å². The number of nitrogens with zero attached hydrogens (tertiary/aromatic N) is 1. The minimum Gasteiger partial charge on any atom is -0.393 e. The second kappa shape index (κ2) is 6.72. The molecule has 0 aromatic carbocycles. The molecule has 0 saturated carbocycles. The highest BCUT2D eigenvalue weighted by Gasteiger charge is 2.15. The topological polar surface area (TPSA) is 42.4 Å². The maximum Gasteiger partial charge on any atom is 0.0581 e. The van der Waals surface area contributed by atoms with Crippen LogP contribution in [0.3, 0.4) is 0 Å². The summed E-state index contributed by atoms with van der Waals surface area (Å²) in [5.74, 6) is 0. The first-order valence-corrected chi connectivity index (χ1v) is 6.53. The van der Waals surface area contributed by atoms with E-state index < -0.39 is 0 Å². The van der Waals surface area contributed by atoms with Crippen LogP contribution in [0.2, 0.25) is 0 Å². The first-order valence-electron chi connectivity index (χ1n) is 6.53. The van der Waals surface area contributed by atoms with Crippen molar-refractivity contribution in [3.05, 3.63) is 30.1 Å². The quantitative estimate of drug-likeness (QED) is 0.823. The molecule has 0 amide bonds. The molecule has 17 heavy (non-hydrogen) atoms. The normalized spacial score (nSPS) is 21.6. The van der Waals surface area contributed by atoms with Crippen molar-refractivity contribution in [3.8, 4) is 0 Å². The van der Waals surface area contributed by atoms with Crippen LogP contribution in [0.4, 0.5) is 0 Å². The number of aromatic nitrogens is 1. The van der Waals surface area contributed by atoms with Gasteiger partial charge in [0, 0.05) is 19.0 Å². The van der Waals surface area contributed by atoms with Crippen LogP contribution in [0.1, 0.15) is 37.7 Å². The van der Waals surface area contributed by atoms with Crippen molar-refractivity contribution in [1.29, 1.82) is 0 Å². The van der Waals surface area contributed by atoms with E-state index in [4.69, 9.17) is 4.74 Å². The fraction of sp³-hybridized carbons (Fsp3) is 0.643. The lowest BCUT2D eigenvalue weighted by atomic mass is 10.0. The maximum absolute atomic E-state index is 9.91. The molecule has 1 aliphatic heterocycles. The first kappa shape index (κ1) is 12.5. The Morgan fingerprint density at radius 3 is 3.18 bits per heavy atom. The Kier molecular flexibility index (Phi) is 4.95. The molecular formula is C14H21NO2. The summed E-state index contributed by atoms with van der Waals surface area (Å²) in [6.07, 6.45) is 9.86. The van der Waals surface area contributed by atoms with Crippen molar-refractivity contribution in [2.24, 2.45) is 0 Å². The maximum atomic E-state index is 9.91. The summed E-state index contributed by atoms with van der Waals surface area (Å²) in [7, 11) is 0. The summed E-state index contributed by atoms with van der Waals surface area (Å²) < 4.78 is 5.56. The van der Waals surface area contributed by atoms with Crippen molar-refractivity contribution in [1.82, 2.24) is 4.98 Å². The Bertz CT molecular complexity index is 309. The van der Waals surface area contributed by atoms with Gasteiger partial charge in [0.1, 0.15) is 0 Å². The van der Waals surface area contributed by atoms with Crippen molar-refractivity contribution in [2.75, 3.05) is 6.61 Å². The van der Waals surface area contributed by atoms with Crippen molar-refractivity contribution < 1.29 is 9.84 Å². The van der Waals surface area contributed by atoms with Crippen LogP contribution in [-0.2, 0) is 11.2 Å². The van der Waals surface area contributed by atoms with E-state index in [1.807, 2.05) is 18.3 Å². The van der Waals surface area contributed by atoms with Gasteiger partial charge in [0.25, 0.3) is 0 Å². The molecule has 1 aromatic heterocycles. The number of aliphatic hydroxyl groups is 1. The molecule has 1 N–H and O–H groups in total. The molecule has 3 nitrogen and oxygen atoms in total. The third-order valence-electron chi connectivity index (χ3n) is 3.28. The van der Waals surface area contributed by atoms with Crippen molar-refractivity contribution in [3.63, 3.8) is 0 Å². The van der Waals surface area contributed by atoms with E-state index in [9.17, 15) is 5.11 Å². The third-order valence-corrected chi connectivity index (χ3v) is 3.28. The Balaban J connectivity index is 1.62. The lowest BCUT2D eigenvalue weighted by Crippen LogP contribution is -2.12. The van der Waals surface area contributed by atoms with Crippen molar-refractivity contribution in [2.45, 2.75) is 50.7 Å². The lowest BCUT2D eigenvalue weighted by molar-refractivity contribution is 0.0945. The molecule has 0 spiro atoms. The van der Waals surface area contributed by atoms with E-state index in [0.717, 1.165) is 31.4 Å². The van der Waals surface area contributed by atoms with Gasteiger partial charge in [-0.25, -0.2) is 0 Å². The smallest absolute Gasteiger partial charge is 0.0581 e. The molecule has 1 saturated heterocycles. The molecule has 0 radical (unpaired) electrons. The number of ether oxygens (including phenoxy) is 1. The SMILES string of the molecule is OC(CCCC1CCCO1)Cc1cccnc1. The summed E-state index contributed by atoms with van der Waals surface area (Å²) in [6.45, 7) is 0.920. The fourth-order valence-corrected chi connectivity index (χ4v) is 2.35. The first-order chi connectivity index (χ1) is 8.34. The number of pyridine rings is 1. The molecule has 0 aliphatic carbocycles. The van der Waals surface area contributed by atoms with Gasteiger partial charge in [0.2, 0.25) is 0 Å². The van der Waals surface area contributed by atoms with Crippen LogP contribution < -0.4 is 0 Å². The van der Waals surface area contributed by atoms with E-state index in [2.05, 4.69) is 4.98 Å². The highest BCUT2D eigenvalue weighted by Crippen LogP contribution is 2.18. The molecule has 2 unspecified atom stereocenters. The largest absolute Gasteiger partial charge is 0.393 e. The summed E-state index contributed by atoms with van der Waals surface area (Å²) in [5.41, 5.74) is 1.11. The van der Waals surface area contributed by atoms with Crippen molar-refractivity contribution >= 4 is 0 Å². The van der Waals surface area contributed by atoms with Gasteiger partial charge in [0.05, 0.1) is 12.2 Å². The predicted molar refractivity (Wildman–Crippen MR) is 66.8 cm³/mol. The van der Waals surface area contributed by atoms with Gasteiger partial charge in [-0.15, -0.1) is 0 Å². The summed E-state index contributed by atoms with van der Waals surface area (Å²) in [4.78, 5) is 4.05. The third kappa shape index (κ3) is 4.44. The standard InChI is InChI=1S/C14H21NO2/c16-13(10-12-4-2-8-15-11-12)5-1-6-14-7-3-9-17-14/h2,4,8,11,13-14,16H,1,3,5-7,9-10H2. The van der Waals surface area contributed by atoms with E-state index in [0.29, 0.717) is 12.5 Å². The van der Waals surface area contributed by atoms with Gasteiger partial charge in [-0.05, 0) is 50.2 Å². The fourth-order valence-electron chi connectivity index (χ4n) is 2.35. The summed E-state index contributed by atoms with van der Waals surface area (Å²) in [5, 5.41) is 9.91. The van der Waals surface area contributed by atoms with Crippen LogP contribution in [0, 0.1) is 0 Å². The number of hydrogen-bond donors (Lipinski definition) is 1. The highest BCUT2D eigenvalue weighted by atomic mass is 16.5. The molecule has 94 valence electrons. The van der Waals surface area contributed by atoms with Gasteiger partial charge in [-0.1, -0.05) is 6.07 Å². The molecule has 3 heteroatoms. The minimum atomic E-state index is -0.249. The van der Waals surface area contributed by atoms with E-state index in [-0.39, 0.29) is 6.10 Å². The molecule has 1 fully saturated rings. The Morgan fingerprint density at radius 1 is 1.53 bits per heavy atom. The zero-order chi connectivity index (χ0) is 11.9. The van der Waals surface area contributed by atoms with E-state index in [1.165, 1.54) is 12.8 Å². The second-order valence-corrected chi connectivity index (χ2v) is 4.79. The molecule has 2 rings (SSSR count). The summed E-state index contributed by atoms with van der Waals surface area (Å²) in [6, 6.07) is 3.92. The van der Waals surface area contributed by atoms with E-state index >= 15 is 0 Å². The summed E-state index contributed by atoms with van der Waals surface area (Å²) >= 11 is 0. The number of hydrogen-bond acceptors (Lipinski definition) is 3. The molecule has 1 aromatic rings. The van der Waals surface area contributed by atoms with Gasteiger partial charge in [-0.3, -0.25) is 4.98 Å². The Labute approximate surface area is 103 Å². The predicted octanol–water partition coefficient (Wildman–Crippen LogP) is 2.33. The average Bonchev–Trinajstić information content (AvgIpc) is 2.83. The zero-order valence-electron chi connectivity index (χ0n) is 10.2. The van der Waals surface area contributed by atoms with Gasteiger partial charge < -0.3 is 9.84 Å². The monoisotopic (exact) mass is 235 g/mol. The second-order valence-electron chi connectivity index (χ2n) is 4.79. The minimum absolute atomic E-state index is 0.249. The average molecular weight is 235 g/mol. The molecule has 1 aliphatic rings. The lowest BCUT2D eigenvalue weighted by Gasteiger charge is -2.12. The van der Waals surface area contributed by atoms with E-state index in [1.54, 1.807) is 6.20 Å². The number of rotatable bonds is 6. The van der Waals surface area contributed by atoms with Gasteiger partial charge >= 0.3 is 0 Å². The molecular weight excluding hydrogens is 214 g/mol. The van der Waals surface area contributed by atoms with Gasteiger partial charge in [-0.2, -0.15) is 0 Å². The Hall–Kier alpha value is -0.930. The zero-order valence-corrected chi connectivity index (χ0v) is 10.2. The van der Waals surface area contributed by atoms with Crippen LogP contribution in [-0.4, -0.2) is 28.9 Å². The molecule has 2 atom stereocenters. The molecule has 0 bridgehead atoms. The van der Waals surface area contributed by atoms with Crippen LogP contribution in [0.15, 0.2) is 24.5 Å².